The summed E-state index contributed by atoms with van der Waals surface area (Å²) >= 11 is 9.11. The van der Waals surface area contributed by atoms with E-state index in [1.165, 1.54) is 26.2 Å². The van der Waals surface area contributed by atoms with E-state index in [-0.39, 0.29) is 40.0 Å². The standard InChI is InChI=1S/C22H22BrClFN7O5/c1-12(32-29-18(19(23)30-32)21(34)28-16-7-6-14(25)9-15(16)24)37-22(35)31(3)20-13(5-4-8-27-20)11-36-17(33)10-26-2/h4-9,12,26H,10-11H2,1-3H3,(H,28,34). The highest BCUT2D eigenvalue weighted by Crippen LogP contribution is 2.24. The molecule has 1 unspecified atom stereocenters. The van der Waals surface area contributed by atoms with Crippen LogP contribution in [0.25, 0.3) is 0 Å². The zero-order valence-electron chi connectivity index (χ0n) is 19.9. The molecular weight excluding hydrogens is 577 g/mol. The van der Waals surface area contributed by atoms with Crippen LogP contribution in [0, 0.1) is 5.82 Å². The number of carbonyl (C=O) groups excluding carboxylic acids is 3. The highest BCUT2D eigenvalue weighted by Gasteiger charge is 2.24. The molecule has 0 saturated carbocycles. The average Bonchev–Trinajstić information content (AvgIpc) is 3.26. The molecule has 3 rings (SSSR count). The lowest BCUT2D eigenvalue weighted by molar-refractivity contribution is -0.143. The Morgan fingerprint density at radius 2 is 2.03 bits per heavy atom. The van der Waals surface area contributed by atoms with Gasteiger partial charge in [0.1, 0.15) is 18.2 Å². The number of carbonyl (C=O) groups is 3. The van der Waals surface area contributed by atoms with Crippen molar-refractivity contribution < 1.29 is 28.2 Å². The minimum atomic E-state index is -1.03. The first-order chi connectivity index (χ1) is 17.6. The molecule has 2 amide bonds. The van der Waals surface area contributed by atoms with Crippen LogP contribution in [0.1, 0.15) is 29.2 Å². The van der Waals surface area contributed by atoms with Crippen molar-refractivity contribution in [2.45, 2.75) is 19.8 Å². The van der Waals surface area contributed by atoms with Crippen molar-refractivity contribution in [1.82, 2.24) is 25.3 Å². The lowest BCUT2D eigenvalue weighted by Gasteiger charge is -2.21. The van der Waals surface area contributed by atoms with Crippen molar-refractivity contribution >= 4 is 57.0 Å². The average molecular weight is 599 g/mol. The Morgan fingerprint density at radius 1 is 1.27 bits per heavy atom. The van der Waals surface area contributed by atoms with Gasteiger partial charge in [-0.25, -0.2) is 14.2 Å². The van der Waals surface area contributed by atoms with Crippen LogP contribution >= 0.6 is 27.5 Å². The number of anilines is 2. The first kappa shape index (κ1) is 28.0. The Hall–Kier alpha value is -3.62. The molecule has 0 aliphatic carbocycles. The van der Waals surface area contributed by atoms with Crippen LogP contribution < -0.4 is 15.5 Å². The summed E-state index contributed by atoms with van der Waals surface area (Å²) in [5, 5.41) is 13.4. The molecule has 0 saturated heterocycles. The van der Waals surface area contributed by atoms with Crippen LogP contribution in [-0.2, 0) is 20.9 Å². The Morgan fingerprint density at radius 3 is 2.73 bits per heavy atom. The number of rotatable bonds is 9. The summed E-state index contributed by atoms with van der Waals surface area (Å²) in [6.07, 6.45) is -0.347. The number of halogens is 3. The van der Waals surface area contributed by atoms with Crippen LogP contribution in [0.15, 0.2) is 41.1 Å². The predicted molar refractivity (Wildman–Crippen MR) is 135 cm³/mol. The molecule has 2 heterocycles. The molecule has 196 valence electrons. The van der Waals surface area contributed by atoms with Gasteiger partial charge in [-0.2, -0.15) is 0 Å². The van der Waals surface area contributed by atoms with Crippen molar-refractivity contribution in [3.63, 3.8) is 0 Å². The molecule has 2 N–H and O–H groups in total. The van der Waals surface area contributed by atoms with E-state index in [2.05, 4.69) is 41.7 Å². The Bertz CT molecular complexity index is 1310. The van der Waals surface area contributed by atoms with Gasteiger partial charge in [0.2, 0.25) is 6.23 Å². The second kappa shape index (κ2) is 12.6. The highest BCUT2D eigenvalue weighted by molar-refractivity contribution is 9.10. The van der Waals surface area contributed by atoms with Crippen molar-refractivity contribution in [2.24, 2.45) is 0 Å². The second-order valence-corrected chi connectivity index (χ2v) is 8.62. The molecule has 37 heavy (non-hydrogen) atoms. The van der Waals surface area contributed by atoms with Gasteiger partial charge in [0.25, 0.3) is 5.91 Å². The van der Waals surface area contributed by atoms with Gasteiger partial charge in [-0.1, -0.05) is 17.7 Å². The summed E-state index contributed by atoms with van der Waals surface area (Å²) in [6, 6.07) is 6.81. The summed E-state index contributed by atoms with van der Waals surface area (Å²) in [4.78, 5) is 43.4. The molecule has 1 aromatic carbocycles. The molecule has 0 aliphatic rings. The Kier molecular flexibility index (Phi) is 9.49. The van der Waals surface area contributed by atoms with Crippen LogP contribution in [0.3, 0.4) is 0 Å². The number of nitrogens with zero attached hydrogens (tertiary/aromatic N) is 5. The number of likely N-dealkylation sites (N-methyl/N-ethyl adjacent to an activating group) is 1. The number of hydrogen-bond acceptors (Lipinski definition) is 9. The predicted octanol–water partition coefficient (Wildman–Crippen LogP) is 3.53. The summed E-state index contributed by atoms with van der Waals surface area (Å²) in [5.41, 5.74) is 0.544. The van der Waals surface area contributed by atoms with Crippen LogP contribution in [0.4, 0.5) is 20.7 Å². The number of benzene rings is 1. The normalized spacial score (nSPS) is 11.5. The summed E-state index contributed by atoms with van der Waals surface area (Å²) in [7, 11) is 3.05. The minimum Gasteiger partial charge on any atom is -0.460 e. The summed E-state index contributed by atoms with van der Waals surface area (Å²) < 4.78 is 23.9. The fourth-order valence-electron chi connectivity index (χ4n) is 2.93. The SMILES string of the molecule is CNCC(=O)OCc1cccnc1N(C)C(=O)OC(C)n1nc(Br)c(C(=O)Nc2ccc(F)cc2Cl)n1. The first-order valence-corrected chi connectivity index (χ1v) is 11.8. The topological polar surface area (TPSA) is 141 Å². The lowest BCUT2D eigenvalue weighted by Crippen LogP contribution is -2.31. The zero-order valence-corrected chi connectivity index (χ0v) is 22.2. The quantitative estimate of drug-likeness (QED) is 0.354. The van der Waals surface area contributed by atoms with E-state index >= 15 is 0 Å². The molecular formula is C22H22BrClFN7O5. The molecule has 12 nitrogen and oxygen atoms in total. The maximum Gasteiger partial charge on any atom is 0.417 e. The van der Waals surface area contributed by atoms with Gasteiger partial charge in [0, 0.05) is 18.8 Å². The van der Waals surface area contributed by atoms with Crippen LogP contribution in [0.2, 0.25) is 5.02 Å². The lowest BCUT2D eigenvalue weighted by atomic mass is 10.2. The van der Waals surface area contributed by atoms with Crippen molar-refractivity contribution in [2.75, 3.05) is 30.9 Å². The Labute approximate surface area is 224 Å². The molecule has 0 spiro atoms. The van der Waals surface area contributed by atoms with Crippen molar-refractivity contribution in [3.05, 3.63) is 63.2 Å². The summed E-state index contributed by atoms with van der Waals surface area (Å²) in [6.45, 7) is 1.44. The van der Waals surface area contributed by atoms with E-state index < -0.39 is 30.0 Å². The maximum absolute atomic E-state index is 13.3. The molecule has 2 aromatic heterocycles. The Balaban J connectivity index is 1.68. The van der Waals surface area contributed by atoms with E-state index in [4.69, 9.17) is 21.1 Å². The fourth-order valence-corrected chi connectivity index (χ4v) is 3.57. The first-order valence-electron chi connectivity index (χ1n) is 10.7. The maximum atomic E-state index is 13.3. The number of nitrogens with one attached hydrogen (secondary N) is 2. The van der Waals surface area contributed by atoms with E-state index in [0.717, 1.165) is 21.8 Å². The minimum absolute atomic E-state index is 0.00730. The number of aromatic nitrogens is 4. The van der Waals surface area contributed by atoms with Gasteiger partial charge in [-0.05, 0) is 54.2 Å². The third-order valence-corrected chi connectivity index (χ3v) is 5.59. The molecule has 0 fully saturated rings. The molecule has 0 radical (unpaired) electrons. The van der Waals surface area contributed by atoms with E-state index in [0.29, 0.717) is 5.56 Å². The van der Waals surface area contributed by atoms with E-state index in [1.54, 1.807) is 19.2 Å². The molecule has 0 aliphatic heterocycles. The van der Waals surface area contributed by atoms with Crippen molar-refractivity contribution in [3.8, 4) is 0 Å². The highest BCUT2D eigenvalue weighted by atomic mass is 79.9. The number of amides is 2. The fraction of sp³-hybridized carbons (Fsp3) is 0.273. The summed E-state index contributed by atoms with van der Waals surface area (Å²) in [5.74, 6) is -1.47. The number of ether oxygens (including phenoxy) is 2. The molecule has 15 heteroatoms. The number of hydrogen-bond donors (Lipinski definition) is 2. The monoisotopic (exact) mass is 597 g/mol. The van der Waals surface area contributed by atoms with Gasteiger partial charge < -0.3 is 20.1 Å². The van der Waals surface area contributed by atoms with Gasteiger partial charge in [-0.15, -0.1) is 15.0 Å². The smallest absolute Gasteiger partial charge is 0.417 e. The molecule has 1 atom stereocenters. The number of pyridine rings is 1. The van der Waals surface area contributed by atoms with Crippen molar-refractivity contribution in [1.29, 1.82) is 0 Å². The second-order valence-electron chi connectivity index (χ2n) is 7.46. The third-order valence-electron chi connectivity index (χ3n) is 4.75. The van der Waals surface area contributed by atoms with Crippen LogP contribution in [0.5, 0.6) is 0 Å². The molecule has 0 bridgehead atoms. The van der Waals surface area contributed by atoms with Gasteiger partial charge >= 0.3 is 12.1 Å². The third kappa shape index (κ3) is 7.21. The van der Waals surface area contributed by atoms with Crippen LogP contribution in [-0.4, -0.2) is 58.6 Å². The zero-order chi connectivity index (χ0) is 27.1. The van der Waals surface area contributed by atoms with E-state index in [1.807, 2.05) is 0 Å². The van der Waals surface area contributed by atoms with Gasteiger partial charge in [-0.3, -0.25) is 14.5 Å². The van der Waals surface area contributed by atoms with Gasteiger partial charge in [0.15, 0.2) is 10.3 Å². The molecule has 3 aromatic rings. The number of esters is 1. The largest absolute Gasteiger partial charge is 0.460 e. The van der Waals surface area contributed by atoms with Gasteiger partial charge in [0.05, 0.1) is 17.3 Å². The van der Waals surface area contributed by atoms with E-state index in [9.17, 15) is 18.8 Å².